The van der Waals surface area contributed by atoms with Crippen molar-refractivity contribution in [2.75, 3.05) is 20.6 Å². The van der Waals surface area contributed by atoms with Gasteiger partial charge in [-0.05, 0) is 41.3 Å². The third-order valence-electron chi connectivity index (χ3n) is 5.08. The first-order chi connectivity index (χ1) is 15.6. The summed E-state index contributed by atoms with van der Waals surface area (Å²) in [5, 5.41) is 9.25. The summed E-state index contributed by atoms with van der Waals surface area (Å²) >= 11 is 0. The van der Waals surface area contributed by atoms with Crippen molar-refractivity contribution in [2.24, 2.45) is 4.99 Å². The highest BCUT2D eigenvalue weighted by Crippen LogP contribution is 2.07. The van der Waals surface area contributed by atoms with Gasteiger partial charge in [0, 0.05) is 45.0 Å². The van der Waals surface area contributed by atoms with E-state index in [1.54, 1.807) is 43.1 Å². The maximum absolute atomic E-state index is 11.9. The zero-order valence-electron chi connectivity index (χ0n) is 18.5. The van der Waals surface area contributed by atoms with E-state index < -0.39 is 0 Å². The number of hydrogen-bond acceptors (Lipinski definition) is 3. The molecule has 0 saturated carbocycles. The van der Waals surface area contributed by atoms with Crippen molar-refractivity contribution >= 4 is 11.9 Å². The van der Waals surface area contributed by atoms with E-state index in [4.69, 9.17) is 0 Å². The number of carbonyl (C=O) groups excluding carboxylic acids is 1. The van der Waals surface area contributed by atoms with E-state index >= 15 is 0 Å². The van der Waals surface area contributed by atoms with Crippen LogP contribution in [0.3, 0.4) is 0 Å². The lowest BCUT2D eigenvalue weighted by Gasteiger charge is -2.13. The van der Waals surface area contributed by atoms with Gasteiger partial charge in [-0.2, -0.15) is 0 Å². The Morgan fingerprint density at radius 1 is 0.938 bits per heavy atom. The van der Waals surface area contributed by atoms with Gasteiger partial charge >= 0.3 is 0 Å². The maximum atomic E-state index is 11.9. The van der Waals surface area contributed by atoms with Crippen molar-refractivity contribution < 1.29 is 4.79 Å². The number of pyridine rings is 1. The molecule has 1 amide bonds. The Hall–Kier alpha value is -3.87. The van der Waals surface area contributed by atoms with Crippen molar-refractivity contribution in [1.29, 1.82) is 0 Å². The summed E-state index contributed by atoms with van der Waals surface area (Å²) in [5.41, 5.74) is 3.93. The number of aliphatic imine (C=N–C) groups is 1. The van der Waals surface area contributed by atoms with Gasteiger partial charge in [-0.25, -0.2) is 0 Å². The summed E-state index contributed by atoms with van der Waals surface area (Å²) in [6, 6.07) is 20.9. The second-order valence-corrected chi connectivity index (χ2v) is 7.37. The molecule has 0 saturated heterocycles. The highest BCUT2D eigenvalue weighted by molar-refractivity contribution is 5.94. The van der Waals surface area contributed by atoms with Crippen LogP contribution in [0.15, 0.2) is 82.7 Å². The maximum Gasteiger partial charge on any atom is 0.251 e. The summed E-state index contributed by atoms with van der Waals surface area (Å²) in [6.45, 7) is 1.89. The largest absolute Gasteiger partial charge is 0.356 e. The molecule has 7 nitrogen and oxygen atoms in total. The molecule has 0 unspecified atom stereocenters. The number of rotatable bonds is 8. The summed E-state index contributed by atoms with van der Waals surface area (Å²) in [7, 11) is 3.37. The van der Waals surface area contributed by atoms with Crippen LogP contribution in [0.1, 0.15) is 27.0 Å². The number of guanidine groups is 1. The number of benzene rings is 2. The van der Waals surface area contributed by atoms with Gasteiger partial charge in [0.25, 0.3) is 11.5 Å². The molecule has 0 fully saturated rings. The molecule has 3 rings (SSSR count). The van der Waals surface area contributed by atoms with Crippen LogP contribution in [0.5, 0.6) is 0 Å². The van der Waals surface area contributed by atoms with Crippen LogP contribution < -0.4 is 21.5 Å². The smallest absolute Gasteiger partial charge is 0.251 e. The zero-order chi connectivity index (χ0) is 22.8. The standard InChI is InChI=1S/C25H29N5O2/c1-26-24(32)22-7-5-6-19(16-22)13-14-28-25(27-2)29-17-20-9-11-21(12-10-20)18-30-15-4-3-8-23(30)31/h3-12,15-16H,13-14,17-18H2,1-2H3,(H,26,32)(H2,27,28,29). The molecule has 166 valence electrons. The molecule has 32 heavy (non-hydrogen) atoms. The topological polar surface area (TPSA) is 87.5 Å². The van der Waals surface area contributed by atoms with Crippen molar-refractivity contribution in [3.63, 3.8) is 0 Å². The highest BCUT2D eigenvalue weighted by atomic mass is 16.1. The molecule has 3 aromatic rings. The number of aromatic nitrogens is 1. The monoisotopic (exact) mass is 431 g/mol. The van der Waals surface area contributed by atoms with Crippen molar-refractivity contribution in [3.05, 3.63) is 106 Å². The molecule has 1 aromatic heterocycles. The number of carbonyl (C=O) groups is 1. The molecule has 0 bridgehead atoms. The van der Waals surface area contributed by atoms with Gasteiger partial charge < -0.3 is 20.5 Å². The Balaban J connectivity index is 1.47. The molecule has 0 radical (unpaired) electrons. The van der Waals surface area contributed by atoms with Gasteiger partial charge in [0.05, 0.1) is 6.54 Å². The van der Waals surface area contributed by atoms with E-state index in [-0.39, 0.29) is 11.5 Å². The minimum Gasteiger partial charge on any atom is -0.356 e. The van der Waals surface area contributed by atoms with Gasteiger partial charge in [0.15, 0.2) is 5.96 Å². The summed E-state index contributed by atoms with van der Waals surface area (Å²) < 4.78 is 1.68. The molecular weight excluding hydrogens is 402 g/mol. The lowest BCUT2D eigenvalue weighted by atomic mass is 10.1. The van der Waals surface area contributed by atoms with Crippen LogP contribution >= 0.6 is 0 Å². The fourth-order valence-electron chi connectivity index (χ4n) is 3.29. The van der Waals surface area contributed by atoms with E-state index in [1.165, 1.54) is 0 Å². The molecule has 0 atom stereocenters. The first-order valence-corrected chi connectivity index (χ1v) is 10.6. The molecule has 3 N–H and O–H groups in total. The van der Waals surface area contributed by atoms with E-state index in [0.717, 1.165) is 23.1 Å². The normalized spacial score (nSPS) is 11.1. The second kappa shape index (κ2) is 11.5. The second-order valence-electron chi connectivity index (χ2n) is 7.37. The van der Waals surface area contributed by atoms with Gasteiger partial charge in [-0.15, -0.1) is 0 Å². The number of nitrogens with zero attached hydrogens (tertiary/aromatic N) is 2. The number of nitrogens with one attached hydrogen (secondary N) is 3. The first kappa shape index (κ1) is 22.8. The van der Waals surface area contributed by atoms with Crippen LogP contribution in [-0.4, -0.2) is 37.1 Å². The van der Waals surface area contributed by atoms with E-state index in [2.05, 4.69) is 20.9 Å². The van der Waals surface area contributed by atoms with Gasteiger partial charge in [-0.3, -0.25) is 14.6 Å². The van der Waals surface area contributed by atoms with Crippen molar-refractivity contribution in [1.82, 2.24) is 20.5 Å². The first-order valence-electron chi connectivity index (χ1n) is 10.6. The Morgan fingerprint density at radius 2 is 1.72 bits per heavy atom. The van der Waals surface area contributed by atoms with Gasteiger partial charge in [0.2, 0.25) is 0 Å². The Kier molecular flexibility index (Phi) is 8.20. The van der Waals surface area contributed by atoms with Gasteiger partial charge in [0.1, 0.15) is 0 Å². The molecule has 0 aliphatic carbocycles. The molecule has 1 heterocycles. The predicted molar refractivity (Wildman–Crippen MR) is 128 cm³/mol. The Labute approximate surface area is 188 Å². The fraction of sp³-hybridized carbons (Fsp3) is 0.240. The molecule has 7 heteroatoms. The van der Waals surface area contributed by atoms with Gasteiger partial charge in [-0.1, -0.05) is 42.5 Å². The molecule has 2 aromatic carbocycles. The van der Waals surface area contributed by atoms with Crippen molar-refractivity contribution in [3.8, 4) is 0 Å². The molecule has 0 spiro atoms. The lowest BCUT2D eigenvalue weighted by Crippen LogP contribution is -2.37. The Morgan fingerprint density at radius 3 is 2.44 bits per heavy atom. The summed E-state index contributed by atoms with van der Waals surface area (Å²) in [6.07, 6.45) is 2.57. The van der Waals surface area contributed by atoms with Crippen molar-refractivity contribution in [2.45, 2.75) is 19.5 Å². The Bertz CT molecular complexity index is 1120. The zero-order valence-corrected chi connectivity index (χ0v) is 18.5. The average Bonchev–Trinajstić information content (AvgIpc) is 2.83. The third-order valence-corrected chi connectivity index (χ3v) is 5.08. The SMILES string of the molecule is CN=C(NCCc1cccc(C(=O)NC)c1)NCc1ccc(Cn2ccccc2=O)cc1. The number of amides is 1. The van der Waals surface area contributed by atoms with Crippen LogP contribution in [0.4, 0.5) is 0 Å². The third kappa shape index (κ3) is 6.57. The quantitative estimate of drug-likeness (QED) is 0.377. The molecular formula is C25H29N5O2. The highest BCUT2D eigenvalue weighted by Gasteiger charge is 2.04. The fourth-order valence-corrected chi connectivity index (χ4v) is 3.29. The lowest BCUT2D eigenvalue weighted by molar-refractivity contribution is 0.0963. The van der Waals surface area contributed by atoms with E-state index in [9.17, 15) is 9.59 Å². The van der Waals surface area contributed by atoms with E-state index in [0.29, 0.717) is 31.2 Å². The minimum atomic E-state index is -0.0841. The summed E-state index contributed by atoms with van der Waals surface area (Å²) in [4.78, 5) is 27.9. The van der Waals surface area contributed by atoms with Crippen LogP contribution in [0, 0.1) is 0 Å². The predicted octanol–water partition coefficient (Wildman–Crippen LogP) is 2.16. The molecule has 0 aliphatic rings. The van der Waals surface area contributed by atoms with Crippen LogP contribution in [0.2, 0.25) is 0 Å². The number of hydrogen-bond donors (Lipinski definition) is 3. The average molecular weight is 432 g/mol. The molecule has 0 aliphatic heterocycles. The van der Waals surface area contributed by atoms with Crippen LogP contribution in [-0.2, 0) is 19.5 Å². The van der Waals surface area contributed by atoms with Crippen LogP contribution in [0.25, 0.3) is 0 Å². The minimum absolute atomic E-state index is 0.00604. The summed E-state index contributed by atoms with van der Waals surface area (Å²) in [5.74, 6) is 0.631. The van der Waals surface area contributed by atoms with E-state index in [1.807, 2.05) is 48.5 Å².